The highest BCUT2D eigenvalue weighted by Gasteiger charge is 2.28. The molecule has 0 bridgehead atoms. The highest BCUT2D eigenvalue weighted by Crippen LogP contribution is 2.22. The molecule has 2 aromatic rings. The molecule has 3 rings (SSSR count). The molecule has 1 saturated heterocycles. The molecule has 2 N–H and O–H groups in total. The molecule has 1 heterocycles. The lowest BCUT2D eigenvalue weighted by Crippen LogP contribution is -2.48. The fourth-order valence-electron chi connectivity index (χ4n) is 2.63. The van der Waals surface area contributed by atoms with Gasteiger partial charge in [-0.05, 0) is 48.5 Å². The van der Waals surface area contributed by atoms with Gasteiger partial charge in [0, 0.05) is 37.6 Å². The van der Waals surface area contributed by atoms with Crippen molar-refractivity contribution < 1.29 is 12.8 Å². The van der Waals surface area contributed by atoms with Crippen LogP contribution in [-0.2, 0) is 10.0 Å². The maximum absolute atomic E-state index is 13.0. The van der Waals surface area contributed by atoms with Crippen LogP contribution < -0.4 is 10.6 Å². The number of nitrogen functional groups attached to an aromatic ring is 1. The maximum Gasteiger partial charge on any atom is 0.243 e. The number of hydrogen-bond donors (Lipinski definition) is 1. The maximum atomic E-state index is 13.0. The second kappa shape index (κ2) is 6.17. The minimum atomic E-state index is -3.50. The van der Waals surface area contributed by atoms with E-state index in [1.165, 1.54) is 28.6 Å². The van der Waals surface area contributed by atoms with Crippen molar-refractivity contribution in [3.8, 4) is 0 Å². The number of benzene rings is 2. The Balaban J connectivity index is 1.70. The molecule has 1 aliphatic heterocycles. The molecule has 23 heavy (non-hydrogen) atoms. The number of piperazine rings is 1. The van der Waals surface area contributed by atoms with Crippen LogP contribution in [0.2, 0.25) is 0 Å². The van der Waals surface area contributed by atoms with Crippen molar-refractivity contribution in [3.05, 3.63) is 54.3 Å². The first-order valence-electron chi connectivity index (χ1n) is 7.33. The van der Waals surface area contributed by atoms with Gasteiger partial charge in [-0.1, -0.05) is 0 Å². The molecule has 1 fully saturated rings. The molecule has 122 valence electrons. The minimum absolute atomic E-state index is 0.252. The molecule has 5 nitrogen and oxygen atoms in total. The van der Waals surface area contributed by atoms with E-state index >= 15 is 0 Å². The van der Waals surface area contributed by atoms with Gasteiger partial charge < -0.3 is 10.6 Å². The second-order valence-electron chi connectivity index (χ2n) is 5.44. The molecule has 1 aliphatic rings. The first kappa shape index (κ1) is 15.8. The van der Waals surface area contributed by atoms with Gasteiger partial charge in [-0.15, -0.1) is 0 Å². The van der Waals surface area contributed by atoms with Gasteiger partial charge in [-0.3, -0.25) is 0 Å². The quantitative estimate of drug-likeness (QED) is 0.870. The average Bonchev–Trinajstić information content (AvgIpc) is 2.56. The van der Waals surface area contributed by atoms with Crippen molar-refractivity contribution in [1.29, 1.82) is 0 Å². The van der Waals surface area contributed by atoms with Gasteiger partial charge in [-0.25, -0.2) is 12.8 Å². The molecule has 0 atom stereocenters. The van der Waals surface area contributed by atoms with Gasteiger partial charge >= 0.3 is 0 Å². The van der Waals surface area contributed by atoms with Crippen LogP contribution in [0.1, 0.15) is 0 Å². The molecule has 0 unspecified atom stereocenters. The standard InChI is InChI=1S/C16H18FN3O2S/c17-13-1-5-15(6-2-13)19-9-11-20(12-10-19)23(21,22)16-7-3-14(18)4-8-16/h1-8H,9-12,18H2. The Bertz CT molecular complexity index is 768. The molecule has 0 spiro atoms. The zero-order valence-corrected chi connectivity index (χ0v) is 13.3. The van der Waals surface area contributed by atoms with Crippen LogP contribution in [0.4, 0.5) is 15.8 Å². The Morgan fingerprint density at radius 3 is 2.00 bits per heavy atom. The third kappa shape index (κ3) is 3.30. The van der Waals surface area contributed by atoms with E-state index < -0.39 is 10.0 Å². The number of nitrogens with two attached hydrogens (primary N) is 1. The van der Waals surface area contributed by atoms with Crippen LogP contribution in [0.5, 0.6) is 0 Å². The van der Waals surface area contributed by atoms with Crippen molar-refractivity contribution in [2.24, 2.45) is 0 Å². The smallest absolute Gasteiger partial charge is 0.243 e. The Morgan fingerprint density at radius 1 is 0.870 bits per heavy atom. The highest BCUT2D eigenvalue weighted by atomic mass is 32.2. The number of sulfonamides is 1. The predicted octanol–water partition coefficient (Wildman–Crippen LogP) is 1.92. The lowest BCUT2D eigenvalue weighted by atomic mass is 10.2. The van der Waals surface area contributed by atoms with Crippen molar-refractivity contribution >= 4 is 21.4 Å². The van der Waals surface area contributed by atoms with Crippen LogP contribution in [-0.4, -0.2) is 38.9 Å². The Morgan fingerprint density at radius 2 is 1.43 bits per heavy atom. The monoisotopic (exact) mass is 335 g/mol. The molecule has 0 radical (unpaired) electrons. The molecule has 7 heteroatoms. The van der Waals surface area contributed by atoms with Crippen LogP contribution in [0.3, 0.4) is 0 Å². The van der Waals surface area contributed by atoms with Crippen molar-refractivity contribution in [2.75, 3.05) is 36.8 Å². The lowest BCUT2D eigenvalue weighted by molar-refractivity contribution is 0.385. The zero-order valence-electron chi connectivity index (χ0n) is 12.5. The summed E-state index contributed by atoms with van der Waals surface area (Å²) in [7, 11) is -3.50. The molecule has 0 aromatic heterocycles. The van der Waals surface area contributed by atoms with Crippen LogP contribution in [0, 0.1) is 5.82 Å². The fourth-order valence-corrected chi connectivity index (χ4v) is 4.05. The largest absolute Gasteiger partial charge is 0.399 e. The van der Waals surface area contributed by atoms with Gasteiger partial charge in [0.2, 0.25) is 10.0 Å². The summed E-state index contributed by atoms with van der Waals surface area (Å²) in [5.74, 6) is -0.279. The third-order valence-electron chi connectivity index (χ3n) is 3.95. The number of halogens is 1. The van der Waals surface area contributed by atoms with E-state index in [1.54, 1.807) is 24.3 Å². The summed E-state index contributed by atoms with van der Waals surface area (Å²) in [6.07, 6.45) is 0. The summed E-state index contributed by atoms with van der Waals surface area (Å²) in [6, 6.07) is 12.5. The van der Waals surface area contributed by atoms with Crippen LogP contribution in [0.15, 0.2) is 53.4 Å². The first-order valence-corrected chi connectivity index (χ1v) is 8.77. The Kier molecular flexibility index (Phi) is 4.23. The predicted molar refractivity (Wildman–Crippen MR) is 88.2 cm³/mol. The van der Waals surface area contributed by atoms with E-state index in [4.69, 9.17) is 5.73 Å². The van der Waals surface area contributed by atoms with Crippen LogP contribution in [0.25, 0.3) is 0 Å². The molecule has 2 aromatic carbocycles. The zero-order chi connectivity index (χ0) is 16.4. The molecular weight excluding hydrogens is 317 g/mol. The number of rotatable bonds is 3. The molecular formula is C16H18FN3O2S. The van der Waals surface area contributed by atoms with Crippen molar-refractivity contribution in [2.45, 2.75) is 4.90 Å². The molecule has 0 aliphatic carbocycles. The van der Waals surface area contributed by atoms with E-state index in [2.05, 4.69) is 4.90 Å². The number of hydrogen-bond acceptors (Lipinski definition) is 4. The molecule has 0 saturated carbocycles. The summed E-state index contributed by atoms with van der Waals surface area (Å²) in [5.41, 5.74) is 7.03. The number of anilines is 2. The summed E-state index contributed by atoms with van der Waals surface area (Å²) in [5, 5.41) is 0. The van der Waals surface area contributed by atoms with Gasteiger partial charge in [0.05, 0.1) is 4.90 Å². The summed E-state index contributed by atoms with van der Waals surface area (Å²) in [4.78, 5) is 2.30. The fraction of sp³-hybridized carbons (Fsp3) is 0.250. The van der Waals surface area contributed by atoms with Gasteiger partial charge in [0.25, 0.3) is 0 Å². The van der Waals surface area contributed by atoms with Crippen molar-refractivity contribution in [1.82, 2.24) is 4.31 Å². The summed E-state index contributed by atoms with van der Waals surface area (Å²) >= 11 is 0. The minimum Gasteiger partial charge on any atom is -0.399 e. The second-order valence-corrected chi connectivity index (χ2v) is 7.37. The van der Waals surface area contributed by atoms with Gasteiger partial charge in [0.15, 0.2) is 0 Å². The SMILES string of the molecule is Nc1ccc(S(=O)(=O)N2CCN(c3ccc(F)cc3)CC2)cc1. The number of nitrogens with zero attached hydrogens (tertiary/aromatic N) is 2. The topological polar surface area (TPSA) is 66.6 Å². The Hall–Kier alpha value is -2.12. The van der Waals surface area contributed by atoms with Gasteiger partial charge in [0.1, 0.15) is 5.82 Å². The van der Waals surface area contributed by atoms with E-state index in [-0.39, 0.29) is 10.7 Å². The van der Waals surface area contributed by atoms with E-state index in [1.807, 2.05) is 0 Å². The normalized spacial score (nSPS) is 16.5. The van der Waals surface area contributed by atoms with Gasteiger partial charge in [-0.2, -0.15) is 4.31 Å². The highest BCUT2D eigenvalue weighted by molar-refractivity contribution is 7.89. The van der Waals surface area contributed by atoms with Crippen molar-refractivity contribution in [3.63, 3.8) is 0 Å². The summed E-state index contributed by atoms with van der Waals surface area (Å²) < 4.78 is 39.7. The van der Waals surface area contributed by atoms with E-state index in [0.29, 0.717) is 31.9 Å². The lowest BCUT2D eigenvalue weighted by Gasteiger charge is -2.35. The first-order chi connectivity index (χ1) is 11.0. The van der Waals surface area contributed by atoms with Crippen LogP contribution >= 0.6 is 0 Å². The Labute approximate surface area is 135 Å². The van der Waals surface area contributed by atoms with E-state index in [9.17, 15) is 12.8 Å². The van der Waals surface area contributed by atoms with E-state index in [0.717, 1.165) is 5.69 Å². The molecule has 0 amide bonds. The average molecular weight is 335 g/mol. The third-order valence-corrected chi connectivity index (χ3v) is 5.86. The summed E-state index contributed by atoms with van der Waals surface area (Å²) in [6.45, 7) is 1.92.